The first kappa shape index (κ1) is 24.3. The SMILES string of the molecule is COc1ccc(-n2nc(C(N)=O)c3c2C(=O)NCC3c2cccc(CNCCCn3ccnc3)c2)cc1. The number of hydrogen-bond acceptors (Lipinski definition) is 6. The van der Waals surface area contributed by atoms with Crippen molar-refractivity contribution in [3.63, 3.8) is 0 Å². The monoisotopic (exact) mass is 499 g/mol. The lowest BCUT2D eigenvalue weighted by molar-refractivity contribution is 0.0934. The molecule has 0 fully saturated rings. The van der Waals surface area contributed by atoms with Gasteiger partial charge in [0, 0.05) is 43.5 Å². The number of primary amides is 1. The number of nitrogens with zero attached hydrogens (tertiary/aromatic N) is 4. The highest BCUT2D eigenvalue weighted by Crippen LogP contribution is 2.34. The molecule has 0 saturated carbocycles. The molecule has 2 amide bonds. The second-order valence-electron chi connectivity index (χ2n) is 8.92. The molecule has 1 aliphatic rings. The quantitative estimate of drug-likeness (QED) is 0.287. The van der Waals surface area contributed by atoms with Crippen LogP contribution in [0.4, 0.5) is 0 Å². The van der Waals surface area contributed by atoms with Crippen LogP contribution in [0.15, 0.2) is 67.3 Å². The number of carbonyl (C=O) groups excluding carboxylic acids is 2. The van der Waals surface area contributed by atoms with E-state index in [1.807, 2.05) is 24.7 Å². The number of carbonyl (C=O) groups is 2. The Morgan fingerprint density at radius 1 is 1.24 bits per heavy atom. The van der Waals surface area contributed by atoms with Crippen LogP contribution in [0, 0.1) is 0 Å². The molecule has 0 aliphatic carbocycles. The average Bonchev–Trinajstić information content (AvgIpc) is 3.58. The van der Waals surface area contributed by atoms with E-state index in [2.05, 4.69) is 37.4 Å². The van der Waals surface area contributed by atoms with Crippen molar-refractivity contribution in [2.75, 3.05) is 20.2 Å². The number of aromatic nitrogens is 4. The third-order valence-electron chi connectivity index (χ3n) is 6.51. The van der Waals surface area contributed by atoms with Gasteiger partial charge in [0.15, 0.2) is 5.69 Å². The van der Waals surface area contributed by atoms with Crippen molar-refractivity contribution in [1.29, 1.82) is 0 Å². The number of methoxy groups -OCH3 is 1. The molecule has 4 N–H and O–H groups in total. The number of nitrogens with one attached hydrogen (secondary N) is 2. The molecule has 0 bridgehead atoms. The first-order valence-corrected chi connectivity index (χ1v) is 12.2. The number of imidazole rings is 1. The minimum absolute atomic E-state index is 0.105. The maximum Gasteiger partial charge on any atom is 0.270 e. The lowest BCUT2D eigenvalue weighted by atomic mass is 9.86. The standard InChI is InChI=1S/C27H29N7O3/c1-37-21-8-6-20(7-9-21)34-25-23(24(32-34)26(28)35)22(16-31-27(25)36)19-5-2-4-18(14-19)15-29-10-3-12-33-13-11-30-17-33/h2,4-9,11,13-14,17,22,29H,3,10,12,15-16H2,1H3,(H2,28,35)(H,31,36). The van der Waals surface area contributed by atoms with E-state index in [9.17, 15) is 9.59 Å². The summed E-state index contributed by atoms with van der Waals surface area (Å²) in [7, 11) is 1.58. The van der Waals surface area contributed by atoms with E-state index in [-0.39, 0.29) is 17.5 Å². The highest BCUT2D eigenvalue weighted by molar-refractivity contribution is 6.02. The fourth-order valence-electron chi connectivity index (χ4n) is 4.69. The molecule has 10 heteroatoms. The molecule has 1 aliphatic heterocycles. The Bertz CT molecular complexity index is 1390. The average molecular weight is 500 g/mol. The lowest BCUT2D eigenvalue weighted by Gasteiger charge is -2.25. The minimum Gasteiger partial charge on any atom is -0.497 e. The van der Waals surface area contributed by atoms with E-state index >= 15 is 0 Å². The first-order chi connectivity index (χ1) is 18.0. The van der Waals surface area contributed by atoms with Crippen molar-refractivity contribution < 1.29 is 14.3 Å². The molecule has 10 nitrogen and oxygen atoms in total. The Morgan fingerprint density at radius 3 is 2.81 bits per heavy atom. The second-order valence-corrected chi connectivity index (χ2v) is 8.92. The predicted molar refractivity (Wildman–Crippen MR) is 138 cm³/mol. The molecular formula is C27H29N7O3. The summed E-state index contributed by atoms with van der Waals surface area (Å²) < 4.78 is 8.78. The van der Waals surface area contributed by atoms with E-state index < -0.39 is 5.91 Å². The summed E-state index contributed by atoms with van der Waals surface area (Å²) in [5.41, 5.74) is 9.44. The van der Waals surface area contributed by atoms with Crippen molar-refractivity contribution in [2.24, 2.45) is 5.73 Å². The van der Waals surface area contributed by atoms with Gasteiger partial charge in [-0.1, -0.05) is 24.3 Å². The second kappa shape index (κ2) is 10.7. The highest BCUT2D eigenvalue weighted by atomic mass is 16.5. The fourth-order valence-corrected chi connectivity index (χ4v) is 4.69. The number of rotatable bonds is 10. The zero-order valence-corrected chi connectivity index (χ0v) is 20.6. The van der Waals surface area contributed by atoms with E-state index in [0.717, 1.165) is 30.6 Å². The van der Waals surface area contributed by atoms with Crippen molar-refractivity contribution in [2.45, 2.75) is 25.4 Å². The molecule has 0 saturated heterocycles. The van der Waals surface area contributed by atoms with Crippen LogP contribution < -0.4 is 21.1 Å². The van der Waals surface area contributed by atoms with Crippen LogP contribution in [0.25, 0.3) is 5.69 Å². The highest BCUT2D eigenvalue weighted by Gasteiger charge is 2.36. The Kier molecular flexibility index (Phi) is 7.00. The Labute approximate surface area is 214 Å². The van der Waals surface area contributed by atoms with Crippen LogP contribution in [-0.2, 0) is 13.1 Å². The molecule has 4 aromatic rings. The minimum atomic E-state index is -0.668. The normalized spacial score (nSPS) is 14.7. The summed E-state index contributed by atoms with van der Waals surface area (Å²) >= 11 is 0. The van der Waals surface area contributed by atoms with Crippen LogP contribution in [0.2, 0.25) is 0 Å². The number of amides is 2. The zero-order valence-electron chi connectivity index (χ0n) is 20.6. The van der Waals surface area contributed by atoms with Crippen LogP contribution in [0.3, 0.4) is 0 Å². The molecule has 2 aromatic heterocycles. The molecule has 1 atom stereocenters. The smallest absolute Gasteiger partial charge is 0.270 e. The summed E-state index contributed by atoms with van der Waals surface area (Å²) in [6.45, 7) is 2.83. The molecule has 0 spiro atoms. The number of nitrogens with two attached hydrogens (primary N) is 1. The maximum atomic E-state index is 13.0. The molecule has 5 rings (SSSR count). The number of ether oxygens (including phenoxy) is 1. The molecular weight excluding hydrogens is 470 g/mol. The topological polar surface area (TPSA) is 129 Å². The number of benzene rings is 2. The van der Waals surface area contributed by atoms with E-state index in [0.29, 0.717) is 35.8 Å². The van der Waals surface area contributed by atoms with E-state index in [1.54, 1.807) is 37.6 Å². The molecule has 1 unspecified atom stereocenters. The third kappa shape index (κ3) is 5.10. The predicted octanol–water partition coefficient (Wildman–Crippen LogP) is 2.23. The van der Waals surface area contributed by atoms with Gasteiger partial charge in [-0.05, 0) is 48.4 Å². The van der Waals surface area contributed by atoms with Crippen LogP contribution >= 0.6 is 0 Å². The summed E-state index contributed by atoms with van der Waals surface area (Å²) in [5.74, 6) is -0.547. The Morgan fingerprint density at radius 2 is 2.08 bits per heavy atom. The van der Waals surface area contributed by atoms with Gasteiger partial charge in [-0.3, -0.25) is 9.59 Å². The maximum absolute atomic E-state index is 13.0. The van der Waals surface area contributed by atoms with Gasteiger partial charge in [0.05, 0.1) is 19.1 Å². The van der Waals surface area contributed by atoms with Gasteiger partial charge in [-0.25, -0.2) is 9.67 Å². The summed E-state index contributed by atoms with van der Waals surface area (Å²) in [4.78, 5) is 29.5. The van der Waals surface area contributed by atoms with Gasteiger partial charge < -0.3 is 25.7 Å². The summed E-state index contributed by atoms with van der Waals surface area (Å²) in [6.07, 6.45) is 6.54. The zero-order chi connectivity index (χ0) is 25.8. The summed E-state index contributed by atoms with van der Waals surface area (Å²) in [6, 6.07) is 15.3. The van der Waals surface area contributed by atoms with Crippen molar-refractivity contribution in [1.82, 2.24) is 30.0 Å². The van der Waals surface area contributed by atoms with Crippen molar-refractivity contribution >= 4 is 11.8 Å². The Hall–Kier alpha value is -4.44. The number of fused-ring (bicyclic) bond motifs is 1. The molecule has 2 aromatic carbocycles. The Balaban J connectivity index is 1.39. The van der Waals surface area contributed by atoms with E-state index in [1.165, 1.54) is 4.68 Å². The van der Waals surface area contributed by atoms with E-state index in [4.69, 9.17) is 10.5 Å². The van der Waals surface area contributed by atoms with Crippen molar-refractivity contribution in [3.8, 4) is 11.4 Å². The van der Waals surface area contributed by atoms with Crippen molar-refractivity contribution in [3.05, 3.63) is 95.3 Å². The van der Waals surface area contributed by atoms with Crippen LogP contribution in [-0.4, -0.2) is 51.3 Å². The van der Waals surface area contributed by atoms with Gasteiger partial charge in [0.1, 0.15) is 11.4 Å². The fraction of sp³-hybridized carbons (Fsp3) is 0.259. The van der Waals surface area contributed by atoms with Gasteiger partial charge in [-0.2, -0.15) is 5.10 Å². The van der Waals surface area contributed by atoms with Crippen LogP contribution in [0.5, 0.6) is 5.75 Å². The number of hydrogen-bond donors (Lipinski definition) is 3. The van der Waals surface area contributed by atoms with Gasteiger partial charge in [-0.15, -0.1) is 0 Å². The molecule has 190 valence electrons. The third-order valence-corrected chi connectivity index (χ3v) is 6.51. The van der Waals surface area contributed by atoms with Gasteiger partial charge in [0.25, 0.3) is 11.8 Å². The van der Waals surface area contributed by atoms with Gasteiger partial charge in [0.2, 0.25) is 0 Å². The molecule has 3 heterocycles. The van der Waals surface area contributed by atoms with Gasteiger partial charge >= 0.3 is 0 Å². The molecule has 37 heavy (non-hydrogen) atoms. The first-order valence-electron chi connectivity index (χ1n) is 12.2. The van der Waals surface area contributed by atoms with Crippen LogP contribution in [0.1, 0.15) is 50.0 Å². The summed E-state index contributed by atoms with van der Waals surface area (Å²) in [5, 5.41) is 10.9. The lowest BCUT2D eigenvalue weighted by Crippen LogP contribution is -2.37. The largest absolute Gasteiger partial charge is 0.497 e. The number of aryl methyl sites for hydroxylation is 1. The molecule has 0 radical (unpaired) electrons.